The van der Waals surface area contributed by atoms with Crippen molar-refractivity contribution in [2.75, 3.05) is 5.75 Å². The quantitative estimate of drug-likeness (QED) is 0.714. The van der Waals surface area contributed by atoms with Crippen LogP contribution < -0.4 is 11.1 Å². The van der Waals surface area contributed by atoms with Crippen molar-refractivity contribution >= 4 is 35.0 Å². The lowest BCUT2D eigenvalue weighted by atomic mass is 10.1. The number of carboxylic acids is 1. The Bertz CT molecular complexity index is 460. The van der Waals surface area contributed by atoms with Crippen LogP contribution in [0, 0.1) is 0 Å². The molecule has 0 aliphatic carbocycles. The summed E-state index contributed by atoms with van der Waals surface area (Å²) in [4.78, 5) is 23.8. The number of thioether (sulfide) groups is 1. The third-order valence-corrected chi connectivity index (χ3v) is 5.40. The highest BCUT2D eigenvalue weighted by Crippen LogP contribution is 2.27. The van der Waals surface area contributed by atoms with Crippen LogP contribution in [0.25, 0.3) is 0 Å². The first kappa shape index (κ1) is 17.0. The SMILES string of the molecule is CC(NC(=O)CSC(C)(C)[C@H](N)C(=O)O)c1cccs1. The van der Waals surface area contributed by atoms with Crippen molar-refractivity contribution in [3.05, 3.63) is 22.4 Å². The first-order chi connectivity index (χ1) is 9.24. The highest BCUT2D eigenvalue weighted by molar-refractivity contribution is 8.01. The maximum Gasteiger partial charge on any atom is 0.321 e. The molecule has 0 aliphatic heterocycles. The van der Waals surface area contributed by atoms with E-state index in [1.54, 1.807) is 25.2 Å². The molecule has 0 bridgehead atoms. The first-order valence-electron chi connectivity index (χ1n) is 6.19. The van der Waals surface area contributed by atoms with Crippen LogP contribution in [0.15, 0.2) is 17.5 Å². The van der Waals surface area contributed by atoms with Crippen LogP contribution in [-0.4, -0.2) is 33.5 Å². The fourth-order valence-electron chi connectivity index (χ4n) is 1.53. The lowest BCUT2D eigenvalue weighted by molar-refractivity contribution is -0.139. The number of thiophene rings is 1. The van der Waals surface area contributed by atoms with E-state index in [-0.39, 0.29) is 17.7 Å². The van der Waals surface area contributed by atoms with Gasteiger partial charge in [-0.3, -0.25) is 9.59 Å². The summed E-state index contributed by atoms with van der Waals surface area (Å²) in [7, 11) is 0. The summed E-state index contributed by atoms with van der Waals surface area (Å²) in [6.45, 7) is 5.38. The third-order valence-electron chi connectivity index (χ3n) is 2.94. The Labute approximate surface area is 126 Å². The first-order valence-corrected chi connectivity index (χ1v) is 8.05. The van der Waals surface area contributed by atoms with E-state index in [2.05, 4.69) is 5.32 Å². The second-order valence-electron chi connectivity index (χ2n) is 5.01. The van der Waals surface area contributed by atoms with Gasteiger partial charge in [0.2, 0.25) is 5.91 Å². The van der Waals surface area contributed by atoms with Gasteiger partial charge in [0.15, 0.2) is 0 Å². The molecule has 2 atom stereocenters. The van der Waals surface area contributed by atoms with Crippen molar-refractivity contribution in [1.29, 1.82) is 0 Å². The largest absolute Gasteiger partial charge is 0.480 e. The van der Waals surface area contributed by atoms with E-state index in [1.807, 2.05) is 24.4 Å². The van der Waals surface area contributed by atoms with E-state index in [0.29, 0.717) is 0 Å². The van der Waals surface area contributed by atoms with Crippen molar-refractivity contribution in [2.24, 2.45) is 5.73 Å². The highest BCUT2D eigenvalue weighted by Gasteiger charge is 2.33. The number of carbonyl (C=O) groups is 2. The number of nitrogens with two attached hydrogens (primary N) is 1. The normalized spacial score (nSPS) is 14.6. The van der Waals surface area contributed by atoms with Gasteiger partial charge in [0, 0.05) is 9.62 Å². The van der Waals surface area contributed by atoms with Gasteiger partial charge in [0.25, 0.3) is 0 Å². The summed E-state index contributed by atoms with van der Waals surface area (Å²) in [5.41, 5.74) is 5.61. The minimum absolute atomic E-state index is 0.0423. The second kappa shape index (κ2) is 7.10. The van der Waals surface area contributed by atoms with Crippen molar-refractivity contribution in [2.45, 2.75) is 37.6 Å². The number of amides is 1. The van der Waals surface area contributed by atoms with Crippen molar-refractivity contribution < 1.29 is 14.7 Å². The zero-order valence-electron chi connectivity index (χ0n) is 11.8. The van der Waals surface area contributed by atoms with Crippen molar-refractivity contribution in [3.63, 3.8) is 0 Å². The third kappa shape index (κ3) is 4.81. The van der Waals surface area contributed by atoms with Crippen LogP contribution >= 0.6 is 23.1 Å². The van der Waals surface area contributed by atoms with Crippen LogP contribution in [0.2, 0.25) is 0 Å². The Kier molecular flexibility index (Phi) is 6.04. The molecule has 1 amide bonds. The van der Waals surface area contributed by atoms with E-state index < -0.39 is 16.8 Å². The minimum atomic E-state index is -1.06. The molecule has 0 aromatic carbocycles. The van der Waals surface area contributed by atoms with Gasteiger partial charge in [-0.15, -0.1) is 23.1 Å². The molecule has 0 radical (unpaired) electrons. The molecule has 0 spiro atoms. The molecule has 4 N–H and O–H groups in total. The Balaban J connectivity index is 2.45. The summed E-state index contributed by atoms with van der Waals surface area (Å²) in [6, 6.07) is 2.86. The Hall–Kier alpha value is -1.05. The number of carbonyl (C=O) groups excluding carboxylic acids is 1. The Morgan fingerprint density at radius 3 is 2.70 bits per heavy atom. The van der Waals surface area contributed by atoms with Gasteiger partial charge >= 0.3 is 5.97 Å². The Morgan fingerprint density at radius 1 is 1.55 bits per heavy atom. The summed E-state index contributed by atoms with van der Waals surface area (Å²) in [5.74, 6) is -1.000. The topological polar surface area (TPSA) is 92.4 Å². The summed E-state index contributed by atoms with van der Waals surface area (Å²) in [5, 5.41) is 13.8. The second-order valence-corrected chi connectivity index (χ2v) is 7.62. The molecule has 0 aliphatic rings. The van der Waals surface area contributed by atoms with Crippen molar-refractivity contribution in [3.8, 4) is 0 Å². The van der Waals surface area contributed by atoms with E-state index in [1.165, 1.54) is 11.8 Å². The van der Waals surface area contributed by atoms with E-state index in [0.717, 1.165) is 4.88 Å². The van der Waals surface area contributed by atoms with E-state index in [4.69, 9.17) is 10.8 Å². The van der Waals surface area contributed by atoms with Gasteiger partial charge in [-0.2, -0.15) is 0 Å². The van der Waals surface area contributed by atoms with Gasteiger partial charge in [0.1, 0.15) is 6.04 Å². The highest BCUT2D eigenvalue weighted by atomic mass is 32.2. The molecule has 1 heterocycles. The van der Waals surface area contributed by atoms with Gasteiger partial charge in [-0.25, -0.2) is 0 Å². The zero-order valence-corrected chi connectivity index (χ0v) is 13.4. The molecule has 20 heavy (non-hydrogen) atoms. The minimum Gasteiger partial charge on any atom is -0.480 e. The molecule has 0 fully saturated rings. The zero-order chi connectivity index (χ0) is 15.3. The fraction of sp³-hybridized carbons (Fsp3) is 0.538. The summed E-state index contributed by atoms with van der Waals surface area (Å²) >= 11 is 2.83. The molecule has 7 heteroatoms. The lowest BCUT2D eigenvalue weighted by Crippen LogP contribution is -2.47. The standard InChI is InChI=1S/C13H20N2O3S2/c1-8(9-5-4-6-19-9)15-10(16)7-20-13(2,3)11(14)12(17)18/h4-6,8,11H,7,14H2,1-3H3,(H,15,16)(H,17,18)/t8?,11-/m1/s1. The van der Waals surface area contributed by atoms with Gasteiger partial charge in [-0.05, 0) is 32.2 Å². The monoisotopic (exact) mass is 316 g/mol. The average molecular weight is 316 g/mol. The molecule has 0 saturated carbocycles. The average Bonchev–Trinajstić information content (AvgIpc) is 2.89. The number of rotatable bonds is 7. The summed E-state index contributed by atoms with van der Waals surface area (Å²) < 4.78 is -0.699. The maximum atomic E-state index is 11.9. The van der Waals surface area contributed by atoms with Crippen LogP contribution in [-0.2, 0) is 9.59 Å². The predicted octanol–water partition coefficient (Wildman–Crippen LogP) is 1.85. The number of hydrogen-bond donors (Lipinski definition) is 3. The molecule has 1 aromatic rings. The van der Waals surface area contributed by atoms with Crippen LogP contribution in [0.3, 0.4) is 0 Å². The van der Waals surface area contributed by atoms with Crippen LogP contribution in [0.4, 0.5) is 0 Å². The lowest BCUT2D eigenvalue weighted by Gasteiger charge is -2.27. The predicted molar refractivity (Wildman–Crippen MR) is 83.0 cm³/mol. The molecule has 1 aromatic heterocycles. The number of nitrogens with one attached hydrogen (secondary N) is 1. The van der Waals surface area contributed by atoms with E-state index in [9.17, 15) is 9.59 Å². The van der Waals surface area contributed by atoms with Crippen LogP contribution in [0.1, 0.15) is 31.7 Å². The fourth-order valence-corrected chi connectivity index (χ4v) is 3.13. The van der Waals surface area contributed by atoms with Gasteiger partial charge in [-0.1, -0.05) is 6.07 Å². The molecule has 1 rings (SSSR count). The molecular formula is C13H20N2O3S2. The van der Waals surface area contributed by atoms with Gasteiger partial charge < -0.3 is 16.2 Å². The van der Waals surface area contributed by atoms with Gasteiger partial charge in [0.05, 0.1) is 11.8 Å². The molecule has 5 nitrogen and oxygen atoms in total. The van der Waals surface area contributed by atoms with Crippen LogP contribution in [0.5, 0.6) is 0 Å². The maximum absolute atomic E-state index is 11.9. The molecule has 1 unspecified atom stereocenters. The smallest absolute Gasteiger partial charge is 0.321 e. The number of aliphatic carboxylic acids is 1. The number of carboxylic acid groups (broad SMARTS) is 1. The molecule has 0 saturated heterocycles. The molecule has 112 valence electrons. The Morgan fingerprint density at radius 2 is 2.20 bits per heavy atom. The van der Waals surface area contributed by atoms with E-state index >= 15 is 0 Å². The molecular weight excluding hydrogens is 296 g/mol. The summed E-state index contributed by atoms with van der Waals surface area (Å²) in [6.07, 6.45) is 0. The number of hydrogen-bond acceptors (Lipinski definition) is 5. The van der Waals surface area contributed by atoms with Crippen molar-refractivity contribution in [1.82, 2.24) is 5.32 Å².